The number of carbonyl (C=O) groups excluding carboxylic acids is 1. The van der Waals surface area contributed by atoms with Crippen LogP contribution in [0.2, 0.25) is 5.02 Å². The predicted octanol–water partition coefficient (Wildman–Crippen LogP) is 4.12. The second-order valence-electron chi connectivity index (χ2n) is 7.14. The van der Waals surface area contributed by atoms with Crippen LogP contribution in [0, 0.1) is 5.92 Å². The zero-order valence-corrected chi connectivity index (χ0v) is 15.2. The number of anilines is 1. The Kier molecular flexibility index (Phi) is 4.80. The Morgan fingerprint density at radius 1 is 1.04 bits per heavy atom. The lowest BCUT2D eigenvalue weighted by atomic mass is 9.93. The van der Waals surface area contributed by atoms with Gasteiger partial charge in [0.25, 0.3) is 0 Å². The van der Waals surface area contributed by atoms with E-state index in [9.17, 15) is 4.79 Å². The Balaban J connectivity index is 1.46. The molecule has 0 unspecified atom stereocenters. The molecule has 0 spiro atoms. The zero-order valence-electron chi connectivity index (χ0n) is 14.5. The van der Waals surface area contributed by atoms with Crippen molar-refractivity contribution in [2.75, 3.05) is 31.1 Å². The van der Waals surface area contributed by atoms with Gasteiger partial charge in [0.2, 0.25) is 5.91 Å². The molecule has 1 amide bonds. The Morgan fingerprint density at radius 2 is 1.80 bits per heavy atom. The number of nitrogens with zero attached hydrogens (tertiary/aromatic N) is 3. The van der Waals surface area contributed by atoms with Gasteiger partial charge in [0, 0.05) is 54.4 Å². The summed E-state index contributed by atoms with van der Waals surface area (Å²) in [6.45, 7) is 3.75. The molecular formula is C20H24ClN3O. The van der Waals surface area contributed by atoms with E-state index >= 15 is 0 Å². The lowest BCUT2D eigenvalue weighted by Gasteiger charge is -2.36. The average Bonchev–Trinajstić information content (AvgIpc) is 2.67. The smallest absolute Gasteiger partial charge is 0.225 e. The molecule has 2 saturated heterocycles. The van der Waals surface area contributed by atoms with Crippen molar-refractivity contribution < 1.29 is 4.79 Å². The molecule has 2 aliphatic heterocycles. The fraction of sp³-hybridized carbons (Fsp3) is 0.500. The van der Waals surface area contributed by atoms with Crippen LogP contribution >= 0.6 is 11.6 Å². The molecule has 0 aliphatic carbocycles. The van der Waals surface area contributed by atoms with E-state index in [1.807, 2.05) is 24.4 Å². The third kappa shape index (κ3) is 3.45. The number of hydrogen-bond acceptors (Lipinski definition) is 3. The van der Waals surface area contributed by atoms with Crippen LogP contribution in [0.3, 0.4) is 0 Å². The maximum atomic E-state index is 12.7. The van der Waals surface area contributed by atoms with E-state index in [2.05, 4.69) is 20.9 Å². The van der Waals surface area contributed by atoms with Crippen LogP contribution < -0.4 is 4.90 Å². The highest BCUT2D eigenvalue weighted by Gasteiger charge is 2.29. The van der Waals surface area contributed by atoms with Gasteiger partial charge in [-0.15, -0.1) is 0 Å². The molecule has 0 radical (unpaired) electrons. The maximum Gasteiger partial charge on any atom is 0.225 e. The van der Waals surface area contributed by atoms with Gasteiger partial charge in [-0.2, -0.15) is 0 Å². The second-order valence-corrected chi connectivity index (χ2v) is 7.58. The van der Waals surface area contributed by atoms with E-state index < -0.39 is 0 Å². The molecule has 2 aromatic rings. The van der Waals surface area contributed by atoms with E-state index in [1.54, 1.807) is 0 Å². The standard InChI is InChI=1S/C20H24ClN3O/c21-16-4-5-17-18(14-16)22-9-6-19(17)23-12-7-15(8-13-23)20(25)24-10-2-1-3-11-24/h4-6,9,14-15H,1-3,7-8,10-13H2. The summed E-state index contributed by atoms with van der Waals surface area (Å²) in [6.07, 6.45) is 7.31. The monoisotopic (exact) mass is 357 g/mol. The van der Waals surface area contributed by atoms with Crippen LogP contribution in [-0.2, 0) is 4.79 Å². The molecule has 25 heavy (non-hydrogen) atoms. The molecule has 0 N–H and O–H groups in total. The molecule has 3 heterocycles. The van der Waals surface area contributed by atoms with Gasteiger partial charge in [0.1, 0.15) is 0 Å². The topological polar surface area (TPSA) is 36.4 Å². The minimum atomic E-state index is 0.192. The van der Waals surface area contributed by atoms with Crippen LogP contribution in [0.5, 0.6) is 0 Å². The van der Waals surface area contributed by atoms with Gasteiger partial charge < -0.3 is 9.80 Å². The minimum Gasteiger partial charge on any atom is -0.371 e. The highest BCUT2D eigenvalue weighted by molar-refractivity contribution is 6.31. The van der Waals surface area contributed by atoms with Crippen molar-refractivity contribution in [1.82, 2.24) is 9.88 Å². The van der Waals surface area contributed by atoms with Gasteiger partial charge in [-0.3, -0.25) is 9.78 Å². The van der Waals surface area contributed by atoms with Gasteiger partial charge in [-0.25, -0.2) is 0 Å². The third-order valence-electron chi connectivity index (χ3n) is 5.53. The molecule has 0 bridgehead atoms. The van der Waals surface area contributed by atoms with E-state index in [1.165, 1.54) is 12.1 Å². The first kappa shape index (κ1) is 16.6. The molecule has 2 aliphatic rings. The molecule has 0 saturated carbocycles. The number of carbonyl (C=O) groups is 1. The summed E-state index contributed by atoms with van der Waals surface area (Å²) < 4.78 is 0. The predicted molar refractivity (Wildman–Crippen MR) is 102 cm³/mol. The largest absolute Gasteiger partial charge is 0.371 e. The maximum absolute atomic E-state index is 12.7. The number of fused-ring (bicyclic) bond motifs is 1. The number of likely N-dealkylation sites (tertiary alicyclic amines) is 1. The number of benzene rings is 1. The van der Waals surface area contributed by atoms with Crippen LogP contribution in [0.4, 0.5) is 5.69 Å². The molecule has 4 nitrogen and oxygen atoms in total. The number of amides is 1. The van der Waals surface area contributed by atoms with Gasteiger partial charge in [-0.1, -0.05) is 11.6 Å². The fourth-order valence-corrected chi connectivity index (χ4v) is 4.29. The van der Waals surface area contributed by atoms with Gasteiger partial charge in [0.15, 0.2) is 0 Å². The van der Waals surface area contributed by atoms with E-state index in [0.29, 0.717) is 10.9 Å². The minimum absolute atomic E-state index is 0.192. The van der Waals surface area contributed by atoms with Crippen LogP contribution in [-0.4, -0.2) is 42.0 Å². The van der Waals surface area contributed by atoms with Crippen molar-refractivity contribution in [1.29, 1.82) is 0 Å². The Morgan fingerprint density at radius 3 is 2.56 bits per heavy atom. The van der Waals surface area contributed by atoms with E-state index in [-0.39, 0.29) is 5.92 Å². The summed E-state index contributed by atoms with van der Waals surface area (Å²) in [5, 5.41) is 1.84. The van der Waals surface area contributed by atoms with E-state index in [0.717, 1.165) is 62.8 Å². The summed E-state index contributed by atoms with van der Waals surface area (Å²) >= 11 is 6.09. The molecule has 0 atom stereocenters. The summed E-state index contributed by atoms with van der Waals surface area (Å²) in [5.41, 5.74) is 2.13. The summed E-state index contributed by atoms with van der Waals surface area (Å²) in [4.78, 5) is 21.6. The molecule has 1 aromatic carbocycles. The molecule has 132 valence electrons. The molecule has 2 fully saturated rings. The number of pyridine rings is 1. The number of rotatable bonds is 2. The van der Waals surface area contributed by atoms with Crippen LogP contribution in [0.25, 0.3) is 10.9 Å². The van der Waals surface area contributed by atoms with Gasteiger partial charge in [-0.05, 0) is 56.4 Å². The SMILES string of the molecule is O=C(C1CCN(c2ccnc3cc(Cl)ccc23)CC1)N1CCCCC1. The molecular weight excluding hydrogens is 334 g/mol. The zero-order chi connectivity index (χ0) is 17.2. The van der Waals surface area contributed by atoms with Crippen molar-refractivity contribution >= 4 is 34.1 Å². The van der Waals surface area contributed by atoms with Crippen molar-refractivity contribution in [3.8, 4) is 0 Å². The van der Waals surface area contributed by atoms with Crippen molar-refractivity contribution in [3.63, 3.8) is 0 Å². The first-order valence-electron chi connectivity index (χ1n) is 9.30. The number of hydrogen-bond donors (Lipinski definition) is 0. The summed E-state index contributed by atoms with van der Waals surface area (Å²) in [7, 11) is 0. The Hall–Kier alpha value is -1.81. The normalized spacial score (nSPS) is 19.4. The number of halogens is 1. The quantitative estimate of drug-likeness (QED) is 0.811. The number of aromatic nitrogens is 1. The van der Waals surface area contributed by atoms with Crippen molar-refractivity contribution in [2.24, 2.45) is 5.92 Å². The van der Waals surface area contributed by atoms with Gasteiger partial charge in [0.05, 0.1) is 5.52 Å². The van der Waals surface area contributed by atoms with Crippen LogP contribution in [0.1, 0.15) is 32.1 Å². The summed E-state index contributed by atoms with van der Waals surface area (Å²) in [6, 6.07) is 7.95. The first-order valence-corrected chi connectivity index (χ1v) is 9.68. The van der Waals surface area contributed by atoms with Crippen LogP contribution in [0.15, 0.2) is 30.5 Å². The highest BCUT2D eigenvalue weighted by atomic mass is 35.5. The third-order valence-corrected chi connectivity index (χ3v) is 5.77. The Labute approximate surface area is 153 Å². The molecule has 4 rings (SSSR count). The summed E-state index contributed by atoms with van der Waals surface area (Å²) in [5.74, 6) is 0.572. The lowest BCUT2D eigenvalue weighted by molar-refractivity contribution is -0.137. The van der Waals surface area contributed by atoms with E-state index in [4.69, 9.17) is 11.6 Å². The van der Waals surface area contributed by atoms with Crippen molar-refractivity contribution in [3.05, 3.63) is 35.5 Å². The first-order chi connectivity index (χ1) is 12.2. The number of piperidine rings is 2. The highest BCUT2D eigenvalue weighted by Crippen LogP contribution is 2.31. The Bertz CT molecular complexity index is 765. The average molecular weight is 358 g/mol. The second kappa shape index (κ2) is 7.20. The fourth-order valence-electron chi connectivity index (χ4n) is 4.12. The molecule has 5 heteroatoms. The molecule has 1 aromatic heterocycles. The van der Waals surface area contributed by atoms with Crippen molar-refractivity contribution in [2.45, 2.75) is 32.1 Å². The van der Waals surface area contributed by atoms with Gasteiger partial charge >= 0.3 is 0 Å². The lowest BCUT2D eigenvalue weighted by Crippen LogP contribution is -2.44.